The molecule has 6 heteroatoms. The Balaban J connectivity index is 1.19. The van der Waals surface area contributed by atoms with Gasteiger partial charge in [0, 0.05) is 0 Å². The molecule has 44 heavy (non-hydrogen) atoms. The summed E-state index contributed by atoms with van der Waals surface area (Å²) in [6.45, 7) is 0. The van der Waals surface area contributed by atoms with Gasteiger partial charge in [0.2, 0.25) is 0 Å². The van der Waals surface area contributed by atoms with Crippen molar-refractivity contribution in [3.8, 4) is 34.2 Å². The van der Waals surface area contributed by atoms with Crippen LogP contribution in [0.25, 0.3) is 66.9 Å². The molecule has 1 aliphatic heterocycles. The minimum absolute atomic E-state index is 0.315. The van der Waals surface area contributed by atoms with Crippen LogP contribution in [0.4, 0.5) is 5.69 Å². The monoisotopic (exact) mass is 632 g/mol. The molecule has 0 amide bonds. The summed E-state index contributed by atoms with van der Waals surface area (Å²) < 4.78 is 7.59. The van der Waals surface area contributed by atoms with E-state index in [4.69, 9.17) is 19.4 Å². The molecule has 0 bridgehead atoms. The van der Waals surface area contributed by atoms with Crippen molar-refractivity contribution in [2.24, 2.45) is 0 Å². The fourth-order valence-corrected chi connectivity index (χ4v) is 8.47. The van der Waals surface area contributed by atoms with Gasteiger partial charge in [-0.3, -0.25) is 0 Å². The van der Waals surface area contributed by atoms with Gasteiger partial charge >= 0.3 is 214 Å². The first-order valence-corrected chi connectivity index (χ1v) is 16.4. The molecule has 0 spiro atoms. The average Bonchev–Trinajstić information content (AvgIpc) is 3.69. The quantitative estimate of drug-likeness (QED) is 0.198. The maximum absolute atomic E-state index is 6.19. The van der Waals surface area contributed by atoms with Crippen LogP contribution in [0.15, 0.2) is 138 Å². The first kappa shape index (κ1) is 25.2. The van der Waals surface area contributed by atoms with Crippen molar-refractivity contribution in [3.05, 3.63) is 139 Å². The number of rotatable bonds is 4. The zero-order valence-corrected chi connectivity index (χ0v) is 25.2. The van der Waals surface area contributed by atoms with E-state index in [2.05, 4.69) is 78.1 Å². The summed E-state index contributed by atoms with van der Waals surface area (Å²) in [6, 6.07) is 46.1. The minimum atomic E-state index is 0.315. The Morgan fingerprint density at radius 3 is 2.16 bits per heavy atom. The first-order chi connectivity index (χ1) is 21.8. The third-order valence-corrected chi connectivity index (χ3v) is 10.7. The molecule has 2 aromatic heterocycles. The van der Waals surface area contributed by atoms with Gasteiger partial charge in [-0.25, -0.2) is 0 Å². The number of benzene rings is 6. The van der Waals surface area contributed by atoms with Gasteiger partial charge in [0.15, 0.2) is 0 Å². The van der Waals surface area contributed by atoms with Gasteiger partial charge in [-0.1, -0.05) is 24.3 Å². The molecule has 5 nitrogen and oxygen atoms in total. The van der Waals surface area contributed by atoms with E-state index in [-0.39, 0.29) is 0 Å². The Kier molecular flexibility index (Phi) is 5.83. The number of furan rings is 1. The van der Waals surface area contributed by atoms with Gasteiger partial charge in [0.05, 0.1) is 0 Å². The summed E-state index contributed by atoms with van der Waals surface area (Å²) in [6.07, 6.45) is 0. The van der Waals surface area contributed by atoms with Crippen LogP contribution in [0.3, 0.4) is 0 Å². The molecule has 1 N–H and O–H groups in total. The van der Waals surface area contributed by atoms with Crippen molar-refractivity contribution in [1.29, 1.82) is 0 Å². The fourth-order valence-electron chi connectivity index (χ4n) is 6.01. The van der Waals surface area contributed by atoms with Crippen LogP contribution in [0.5, 0.6) is 0 Å². The maximum atomic E-state index is 6.19. The Morgan fingerprint density at radius 2 is 1.30 bits per heavy atom. The molecule has 0 saturated heterocycles. The molecular formula is C38H24N4OSe. The van der Waals surface area contributed by atoms with Crippen molar-refractivity contribution >= 4 is 57.8 Å². The van der Waals surface area contributed by atoms with E-state index >= 15 is 0 Å². The predicted molar refractivity (Wildman–Crippen MR) is 179 cm³/mol. The van der Waals surface area contributed by atoms with Crippen LogP contribution in [0, 0.1) is 0 Å². The molecule has 0 fully saturated rings. The van der Waals surface area contributed by atoms with E-state index in [0.29, 0.717) is 37.4 Å². The van der Waals surface area contributed by atoms with Crippen LogP contribution in [0.2, 0.25) is 0 Å². The van der Waals surface area contributed by atoms with E-state index in [9.17, 15) is 0 Å². The zero-order chi connectivity index (χ0) is 29.0. The van der Waals surface area contributed by atoms with Crippen molar-refractivity contribution in [1.82, 2.24) is 15.0 Å². The fraction of sp³-hybridized carbons (Fsp3) is 0.0263. The molecule has 0 saturated carbocycles. The van der Waals surface area contributed by atoms with Gasteiger partial charge in [-0.05, 0) is 12.1 Å². The van der Waals surface area contributed by atoms with Gasteiger partial charge in [-0.2, -0.15) is 0 Å². The summed E-state index contributed by atoms with van der Waals surface area (Å²) in [5, 5.41) is 8.20. The van der Waals surface area contributed by atoms with E-state index in [0.717, 1.165) is 44.0 Å². The van der Waals surface area contributed by atoms with Crippen LogP contribution in [0.1, 0.15) is 10.5 Å². The summed E-state index contributed by atoms with van der Waals surface area (Å²) in [5.41, 5.74) is 7.02. The molecule has 208 valence electrons. The van der Waals surface area contributed by atoms with Gasteiger partial charge in [0.25, 0.3) is 0 Å². The van der Waals surface area contributed by atoms with E-state index in [1.165, 1.54) is 21.1 Å². The molecule has 3 heterocycles. The van der Waals surface area contributed by atoms with Crippen molar-refractivity contribution in [2.75, 3.05) is 5.32 Å². The van der Waals surface area contributed by atoms with Gasteiger partial charge in [-0.15, -0.1) is 0 Å². The van der Waals surface area contributed by atoms with E-state index in [1.54, 1.807) is 0 Å². The molecule has 6 aromatic carbocycles. The number of fused-ring (bicyclic) bond motifs is 5. The number of nitrogens with one attached hydrogen (secondary N) is 1. The second kappa shape index (κ2) is 10.2. The van der Waals surface area contributed by atoms with E-state index < -0.39 is 0 Å². The van der Waals surface area contributed by atoms with Crippen molar-refractivity contribution < 1.29 is 4.42 Å². The first-order valence-electron chi connectivity index (χ1n) is 14.6. The molecule has 1 atom stereocenters. The Morgan fingerprint density at radius 1 is 0.568 bits per heavy atom. The molecule has 0 aliphatic carbocycles. The average molecular weight is 632 g/mol. The van der Waals surface area contributed by atoms with Crippen LogP contribution in [-0.4, -0.2) is 29.9 Å². The van der Waals surface area contributed by atoms with Gasteiger partial charge in [0.1, 0.15) is 5.58 Å². The third-order valence-electron chi connectivity index (χ3n) is 8.14. The predicted octanol–water partition coefficient (Wildman–Crippen LogP) is 8.38. The molecule has 1 aliphatic rings. The zero-order valence-electron chi connectivity index (χ0n) is 23.4. The Labute approximate surface area is 259 Å². The SMILES string of the molecule is c1ccc(-c2nc(-c3ccc4cc5c(cc4c3)NC(c3ccccc3)[Se]5)nc(-c3cccc4oc5ccccc5c34)n2)cc1. The van der Waals surface area contributed by atoms with E-state index in [1.807, 2.05) is 60.7 Å². The number of anilines is 1. The molecule has 8 aromatic rings. The summed E-state index contributed by atoms with van der Waals surface area (Å²) in [5.74, 6) is 1.90. The van der Waals surface area contributed by atoms with Crippen LogP contribution < -0.4 is 9.78 Å². The number of para-hydroxylation sites is 1. The second-order valence-corrected chi connectivity index (χ2v) is 13.3. The van der Waals surface area contributed by atoms with Crippen molar-refractivity contribution in [2.45, 2.75) is 4.94 Å². The Bertz CT molecular complexity index is 2350. The molecule has 1 unspecified atom stereocenters. The number of hydrogen-bond acceptors (Lipinski definition) is 5. The standard InChI is InChI=1S/C38H24N4OSe/c1-3-10-23(11-4-1)35-40-36(42-37(41-35)29-15-9-17-32-34(29)28-14-7-8-16-31(28)43-32)26-19-18-25-22-33-30(21-27(25)20-26)39-38(44-33)24-12-5-2-6-13-24/h1-22,38-39H. The molecule has 9 rings (SSSR count). The topological polar surface area (TPSA) is 63.8 Å². The Hall–Kier alpha value is -5.29. The van der Waals surface area contributed by atoms with Crippen LogP contribution >= 0.6 is 0 Å². The summed E-state index contributed by atoms with van der Waals surface area (Å²) >= 11 is 0.315. The third kappa shape index (κ3) is 4.27. The number of aromatic nitrogens is 3. The number of hydrogen-bond donors (Lipinski definition) is 1. The van der Waals surface area contributed by atoms with Crippen LogP contribution in [-0.2, 0) is 0 Å². The normalized spacial score (nSPS) is 14.2. The summed E-state index contributed by atoms with van der Waals surface area (Å²) in [7, 11) is 0. The number of nitrogens with zero attached hydrogens (tertiary/aromatic N) is 3. The van der Waals surface area contributed by atoms with Crippen molar-refractivity contribution in [3.63, 3.8) is 0 Å². The van der Waals surface area contributed by atoms with Gasteiger partial charge < -0.3 is 4.42 Å². The summed E-state index contributed by atoms with van der Waals surface area (Å²) in [4.78, 5) is 15.4. The molecular weight excluding hydrogens is 607 g/mol. The second-order valence-electron chi connectivity index (χ2n) is 10.9. The molecule has 0 radical (unpaired) electrons.